The molecule has 0 aromatic rings. The minimum absolute atomic E-state index is 0.0503. The van der Waals surface area contributed by atoms with Crippen molar-refractivity contribution in [3.63, 3.8) is 0 Å². The van der Waals surface area contributed by atoms with E-state index in [0.29, 0.717) is 30.1 Å². The Balaban J connectivity index is 1.34. The molecule has 184 valence electrons. The van der Waals surface area contributed by atoms with Crippen LogP contribution < -0.4 is 0 Å². The van der Waals surface area contributed by atoms with Crippen LogP contribution in [0.3, 0.4) is 0 Å². The largest absolute Gasteiger partial charge is 0.479 e. The molecule has 5 aliphatic rings. The van der Waals surface area contributed by atoms with Crippen LogP contribution in [0.25, 0.3) is 0 Å². The first kappa shape index (κ1) is 23.4. The third-order valence-electron chi connectivity index (χ3n) is 10.1. The Labute approximate surface area is 194 Å². The Morgan fingerprint density at radius 3 is 2.52 bits per heavy atom. The highest BCUT2D eigenvalue weighted by molar-refractivity contribution is 5.91. The van der Waals surface area contributed by atoms with Crippen LogP contribution in [0.1, 0.15) is 58.8 Å². The molecule has 33 heavy (non-hydrogen) atoms. The minimum Gasteiger partial charge on any atom is -0.479 e. The van der Waals surface area contributed by atoms with Crippen molar-refractivity contribution in [1.29, 1.82) is 0 Å². The fourth-order valence-corrected chi connectivity index (χ4v) is 8.14. The lowest BCUT2D eigenvalue weighted by atomic mass is 9.46. The van der Waals surface area contributed by atoms with Gasteiger partial charge in [0.1, 0.15) is 18.3 Å². The Bertz CT molecular complexity index is 842. The zero-order valence-corrected chi connectivity index (χ0v) is 19.3. The average molecular weight is 465 g/mol. The maximum atomic E-state index is 12.0. The van der Waals surface area contributed by atoms with Crippen LogP contribution in [0.4, 0.5) is 0 Å². The van der Waals surface area contributed by atoms with Crippen LogP contribution in [-0.2, 0) is 19.1 Å². The van der Waals surface area contributed by atoms with E-state index in [1.54, 1.807) is 6.08 Å². The summed E-state index contributed by atoms with van der Waals surface area (Å²) in [4.78, 5) is 23.5. The van der Waals surface area contributed by atoms with E-state index in [1.807, 2.05) is 0 Å². The molecule has 0 spiro atoms. The molecule has 8 heteroatoms. The second-order valence-corrected chi connectivity index (χ2v) is 11.5. The van der Waals surface area contributed by atoms with Crippen LogP contribution in [0.2, 0.25) is 0 Å². The summed E-state index contributed by atoms with van der Waals surface area (Å²) in [6.07, 6.45) is 2.46. The number of aliphatic hydroxyl groups is 3. The van der Waals surface area contributed by atoms with E-state index < -0.39 is 36.7 Å². The van der Waals surface area contributed by atoms with E-state index in [1.165, 1.54) is 0 Å². The summed E-state index contributed by atoms with van der Waals surface area (Å²) in [5, 5.41) is 39.9. The van der Waals surface area contributed by atoms with Gasteiger partial charge in [-0.15, -0.1) is 0 Å². The van der Waals surface area contributed by atoms with Crippen LogP contribution in [-0.4, -0.2) is 69.0 Å². The smallest absolute Gasteiger partial charge is 0.335 e. The molecule has 12 atom stereocenters. The number of fused-ring (bicyclic) bond motifs is 5. The van der Waals surface area contributed by atoms with E-state index in [0.717, 1.165) is 38.5 Å². The number of rotatable bonds is 3. The van der Waals surface area contributed by atoms with Gasteiger partial charge in [-0.1, -0.05) is 19.9 Å². The number of aliphatic carboxylic acids is 1. The number of carbonyl (C=O) groups is 2. The van der Waals surface area contributed by atoms with E-state index in [-0.39, 0.29) is 22.7 Å². The van der Waals surface area contributed by atoms with E-state index in [9.17, 15) is 30.0 Å². The van der Waals surface area contributed by atoms with Crippen molar-refractivity contribution < 1.29 is 39.5 Å². The highest BCUT2D eigenvalue weighted by Gasteiger charge is 2.61. The Morgan fingerprint density at radius 2 is 1.79 bits per heavy atom. The number of carboxylic acid groups (broad SMARTS) is 1. The molecular weight excluding hydrogens is 428 g/mol. The summed E-state index contributed by atoms with van der Waals surface area (Å²) in [5.74, 6) is 0.762. The summed E-state index contributed by atoms with van der Waals surface area (Å²) in [7, 11) is 0. The van der Waals surface area contributed by atoms with Crippen molar-refractivity contribution in [3.05, 3.63) is 12.2 Å². The summed E-state index contributed by atoms with van der Waals surface area (Å²) >= 11 is 0. The average Bonchev–Trinajstić information content (AvgIpc) is 3.10. The zero-order chi connectivity index (χ0) is 23.7. The molecule has 4 N–H and O–H groups in total. The van der Waals surface area contributed by atoms with E-state index in [2.05, 4.69) is 19.9 Å². The van der Waals surface area contributed by atoms with Crippen molar-refractivity contribution in [2.45, 2.75) is 95.6 Å². The van der Waals surface area contributed by atoms with Gasteiger partial charge in [0.05, 0.1) is 6.10 Å². The lowest BCUT2D eigenvalue weighted by molar-refractivity contribution is -0.313. The van der Waals surface area contributed by atoms with Gasteiger partial charge in [0.2, 0.25) is 0 Å². The van der Waals surface area contributed by atoms with Crippen LogP contribution >= 0.6 is 0 Å². The lowest BCUT2D eigenvalue weighted by Gasteiger charge is -2.59. The number of carbonyl (C=O) groups excluding carboxylic acids is 1. The van der Waals surface area contributed by atoms with Gasteiger partial charge in [0.15, 0.2) is 18.2 Å². The molecular formula is C25H36O8. The number of allylic oxidation sites excluding steroid dienone is 2. The number of carboxylic acids is 1. The van der Waals surface area contributed by atoms with Crippen LogP contribution in [0.5, 0.6) is 0 Å². The van der Waals surface area contributed by atoms with Gasteiger partial charge in [0.25, 0.3) is 0 Å². The summed E-state index contributed by atoms with van der Waals surface area (Å²) < 4.78 is 11.6. The van der Waals surface area contributed by atoms with Gasteiger partial charge in [-0.25, -0.2) is 4.79 Å². The first-order chi connectivity index (χ1) is 15.6. The van der Waals surface area contributed by atoms with E-state index in [4.69, 9.17) is 9.47 Å². The second-order valence-electron chi connectivity index (χ2n) is 11.5. The first-order valence-electron chi connectivity index (χ1n) is 12.4. The standard InChI is InChI=1S/C25H36O8/c1-24-9-7-13(26)11-12(24)3-4-14-15-5-6-17(25(15,2)10-8-16(14)24)32-23-20(29)18(27)19(28)21(33-23)22(30)31/h7,9,12,14-21,23,27-29H,3-6,8,10-11H2,1-2H3,(H,30,31)/t12-,14+,15+,16+,17+,18+,19+,20-,21+,23-,24+,25+/m1/s1. The number of ketones is 1. The van der Waals surface area contributed by atoms with Crippen molar-refractivity contribution in [3.8, 4) is 0 Å². The molecule has 1 heterocycles. The maximum Gasteiger partial charge on any atom is 0.335 e. The third-order valence-corrected chi connectivity index (χ3v) is 10.1. The van der Waals surface area contributed by atoms with Gasteiger partial charge < -0.3 is 29.9 Å². The number of hydrogen-bond acceptors (Lipinski definition) is 7. The maximum absolute atomic E-state index is 12.0. The Hall–Kier alpha value is -1.32. The molecule has 0 amide bonds. The Morgan fingerprint density at radius 1 is 1.03 bits per heavy atom. The molecule has 0 bridgehead atoms. The van der Waals surface area contributed by atoms with Gasteiger partial charge in [-0.05, 0) is 79.1 Å². The van der Waals surface area contributed by atoms with Gasteiger partial charge >= 0.3 is 5.97 Å². The van der Waals surface area contributed by atoms with Crippen molar-refractivity contribution in [2.75, 3.05) is 0 Å². The van der Waals surface area contributed by atoms with E-state index >= 15 is 0 Å². The molecule has 8 nitrogen and oxygen atoms in total. The number of aliphatic hydroxyl groups excluding tert-OH is 3. The third kappa shape index (κ3) is 3.52. The predicted molar refractivity (Wildman–Crippen MR) is 116 cm³/mol. The topological polar surface area (TPSA) is 134 Å². The molecule has 4 fully saturated rings. The zero-order valence-electron chi connectivity index (χ0n) is 19.3. The molecule has 5 rings (SSSR count). The highest BCUT2D eigenvalue weighted by Crippen LogP contribution is 2.65. The van der Waals surface area contributed by atoms with Crippen LogP contribution in [0, 0.1) is 34.5 Å². The molecule has 3 saturated carbocycles. The quantitative estimate of drug-likeness (QED) is 0.496. The Kier molecular flexibility index (Phi) is 5.77. The second kappa shape index (κ2) is 8.12. The number of ether oxygens (including phenoxy) is 2. The fourth-order valence-electron chi connectivity index (χ4n) is 8.14. The first-order valence-corrected chi connectivity index (χ1v) is 12.4. The monoisotopic (exact) mass is 464 g/mol. The van der Waals surface area contributed by atoms with Gasteiger partial charge in [0, 0.05) is 6.42 Å². The molecule has 4 aliphatic carbocycles. The SMILES string of the molecule is C[C@]12C=CC(=O)C[C@H]1CC[C@@H]1[C@@H]2CC[C@]2(C)[C@@H](O[C@@H]3O[C@H](C(=O)O)[C@@H](O)[C@H](O)[C@H]3O)CC[C@@H]12. The minimum atomic E-state index is -1.72. The summed E-state index contributed by atoms with van der Waals surface area (Å²) in [6.45, 7) is 4.56. The highest BCUT2D eigenvalue weighted by atomic mass is 16.7. The predicted octanol–water partition coefficient (Wildman–Crippen LogP) is 1.65. The summed E-state index contributed by atoms with van der Waals surface area (Å²) in [5.41, 5.74) is -0.0872. The van der Waals surface area contributed by atoms with Gasteiger partial charge in [-0.2, -0.15) is 0 Å². The fraction of sp³-hybridized carbons (Fsp3) is 0.840. The van der Waals surface area contributed by atoms with Gasteiger partial charge in [-0.3, -0.25) is 4.79 Å². The number of hydrogen-bond donors (Lipinski definition) is 4. The summed E-state index contributed by atoms with van der Waals surface area (Å²) in [6, 6.07) is 0. The van der Waals surface area contributed by atoms with Crippen LogP contribution in [0.15, 0.2) is 12.2 Å². The van der Waals surface area contributed by atoms with Crippen molar-refractivity contribution >= 4 is 11.8 Å². The lowest BCUT2D eigenvalue weighted by Crippen LogP contribution is -2.61. The van der Waals surface area contributed by atoms with Crippen molar-refractivity contribution in [2.24, 2.45) is 34.5 Å². The molecule has 0 radical (unpaired) electrons. The normalized spacial score (nSPS) is 53.8. The molecule has 0 unspecified atom stereocenters. The molecule has 1 saturated heterocycles. The van der Waals surface area contributed by atoms with Crippen molar-refractivity contribution in [1.82, 2.24) is 0 Å². The molecule has 0 aromatic carbocycles. The molecule has 1 aliphatic heterocycles. The molecule has 0 aromatic heterocycles.